The van der Waals surface area contributed by atoms with Gasteiger partial charge in [-0.25, -0.2) is 4.98 Å². The van der Waals surface area contributed by atoms with Gasteiger partial charge in [0.05, 0.1) is 26.8 Å². The van der Waals surface area contributed by atoms with Crippen LogP contribution in [-0.4, -0.2) is 10.9 Å². The third kappa shape index (κ3) is 3.10. The number of rotatable bonds is 2. The summed E-state index contributed by atoms with van der Waals surface area (Å²) in [4.78, 5) is 15.8. The maximum atomic E-state index is 12.7. The lowest BCUT2D eigenvalue weighted by molar-refractivity contribution is -0.136. The summed E-state index contributed by atoms with van der Waals surface area (Å²) in [5, 5.41) is 2.65. The van der Waals surface area contributed by atoms with Crippen LogP contribution in [0.15, 0.2) is 28.2 Å². The summed E-state index contributed by atoms with van der Waals surface area (Å²) in [5.41, 5.74) is 3.54. The van der Waals surface area contributed by atoms with E-state index in [4.69, 9.17) is 5.73 Å². The van der Waals surface area contributed by atoms with Gasteiger partial charge in [-0.3, -0.25) is 10.1 Å². The Bertz CT molecular complexity index is 657. The van der Waals surface area contributed by atoms with Gasteiger partial charge in [0, 0.05) is 0 Å². The topological polar surface area (TPSA) is 68.0 Å². The normalized spacial score (nSPS) is 11.4. The van der Waals surface area contributed by atoms with Gasteiger partial charge in [-0.2, -0.15) is 13.2 Å². The maximum absolute atomic E-state index is 12.7. The lowest BCUT2D eigenvalue weighted by atomic mass is 10.1. The minimum Gasteiger partial charge on any atom is -0.398 e. The molecule has 0 radical (unpaired) electrons. The Morgan fingerprint density at radius 2 is 2.10 bits per heavy atom. The van der Waals surface area contributed by atoms with E-state index in [1.165, 1.54) is 12.3 Å². The molecule has 0 aliphatic carbocycles. The molecule has 9 heteroatoms. The van der Waals surface area contributed by atoms with Crippen LogP contribution in [0.25, 0.3) is 0 Å². The Morgan fingerprint density at radius 3 is 2.65 bits per heavy atom. The zero-order valence-corrected chi connectivity index (χ0v) is 12.1. The standard InChI is InChI=1S/C11H7BrF3N3OS/c12-7-4-17-10(20-7)18-9(19)5-2-1-3-6(8(5)16)11(13,14)15/h1-4H,16H2,(H,17,18,19). The molecule has 2 rings (SSSR count). The number of hydrogen-bond donors (Lipinski definition) is 2. The number of carbonyl (C=O) groups excluding carboxylic acids is 1. The molecule has 0 saturated heterocycles. The van der Waals surface area contributed by atoms with Crippen molar-refractivity contribution in [2.75, 3.05) is 11.1 Å². The van der Waals surface area contributed by atoms with Crippen molar-refractivity contribution < 1.29 is 18.0 Å². The van der Waals surface area contributed by atoms with Gasteiger partial charge in [0.25, 0.3) is 5.91 Å². The molecule has 1 aromatic carbocycles. The second kappa shape index (κ2) is 5.41. The Kier molecular flexibility index (Phi) is 4.00. The number of alkyl halides is 3. The molecular weight excluding hydrogens is 359 g/mol. The van der Waals surface area contributed by atoms with E-state index >= 15 is 0 Å². The minimum absolute atomic E-state index is 0.244. The van der Waals surface area contributed by atoms with Crippen LogP contribution in [-0.2, 0) is 6.18 Å². The SMILES string of the molecule is Nc1c(C(=O)Nc2ncc(Br)s2)cccc1C(F)(F)F. The first-order chi connectivity index (χ1) is 9.29. The Balaban J connectivity index is 2.31. The van der Waals surface area contributed by atoms with E-state index in [-0.39, 0.29) is 10.7 Å². The van der Waals surface area contributed by atoms with Gasteiger partial charge in [-0.05, 0) is 28.1 Å². The molecule has 1 heterocycles. The molecule has 3 N–H and O–H groups in total. The van der Waals surface area contributed by atoms with E-state index in [0.717, 1.165) is 23.5 Å². The van der Waals surface area contributed by atoms with Crippen LogP contribution in [0.2, 0.25) is 0 Å². The van der Waals surface area contributed by atoms with Crippen molar-refractivity contribution in [1.29, 1.82) is 0 Å². The molecule has 0 atom stereocenters. The van der Waals surface area contributed by atoms with Crippen LogP contribution in [0.5, 0.6) is 0 Å². The molecular formula is C11H7BrF3N3OS. The van der Waals surface area contributed by atoms with Gasteiger partial charge < -0.3 is 5.73 Å². The number of benzene rings is 1. The number of nitrogens with one attached hydrogen (secondary N) is 1. The average molecular weight is 366 g/mol. The highest BCUT2D eigenvalue weighted by Gasteiger charge is 2.34. The summed E-state index contributed by atoms with van der Waals surface area (Å²) < 4.78 is 38.8. The molecule has 2 aromatic rings. The fourth-order valence-corrected chi connectivity index (χ4v) is 2.59. The second-order valence-electron chi connectivity index (χ2n) is 3.69. The lowest BCUT2D eigenvalue weighted by Crippen LogP contribution is -2.17. The van der Waals surface area contributed by atoms with Crippen LogP contribution in [0.3, 0.4) is 0 Å². The molecule has 0 saturated carbocycles. The molecule has 0 spiro atoms. The molecule has 106 valence electrons. The Hall–Kier alpha value is -1.61. The first-order valence-corrected chi connectivity index (χ1v) is 6.78. The van der Waals surface area contributed by atoms with E-state index in [1.807, 2.05) is 0 Å². The predicted molar refractivity (Wildman–Crippen MR) is 73.6 cm³/mol. The highest BCUT2D eigenvalue weighted by Crippen LogP contribution is 2.35. The number of aromatic nitrogens is 1. The summed E-state index contributed by atoms with van der Waals surface area (Å²) in [6, 6.07) is 3.18. The van der Waals surface area contributed by atoms with Crippen molar-refractivity contribution in [2.24, 2.45) is 0 Å². The number of amides is 1. The molecule has 1 aromatic heterocycles. The van der Waals surface area contributed by atoms with Crippen molar-refractivity contribution in [2.45, 2.75) is 6.18 Å². The minimum atomic E-state index is -4.61. The van der Waals surface area contributed by atoms with Crippen LogP contribution >= 0.6 is 27.3 Å². The fraction of sp³-hybridized carbons (Fsp3) is 0.0909. The molecule has 4 nitrogen and oxygen atoms in total. The number of nitrogens with two attached hydrogens (primary N) is 1. The second-order valence-corrected chi connectivity index (χ2v) is 6.10. The van der Waals surface area contributed by atoms with Crippen LogP contribution in [0.4, 0.5) is 24.0 Å². The van der Waals surface area contributed by atoms with Crippen LogP contribution in [0, 0.1) is 0 Å². The summed E-state index contributed by atoms with van der Waals surface area (Å²) >= 11 is 4.30. The summed E-state index contributed by atoms with van der Waals surface area (Å²) in [6.07, 6.45) is -3.14. The number of nitrogens with zero attached hydrogens (tertiary/aromatic N) is 1. The van der Waals surface area contributed by atoms with Gasteiger partial charge in [0.15, 0.2) is 5.13 Å². The number of anilines is 2. The van der Waals surface area contributed by atoms with Crippen LogP contribution < -0.4 is 11.1 Å². The summed E-state index contributed by atoms with van der Waals surface area (Å²) in [5.74, 6) is -0.740. The largest absolute Gasteiger partial charge is 0.418 e. The summed E-state index contributed by atoms with van der Waals surface area (Å²) in [7, 11) is 0. The number of nitrogen functional groups attached to an aromatic ring is 1. The van der Waals surface area contributed by atoms with Gasteiger partial charge in [0.1, 0.15) is 0 Å². The molecule has 0 aliphatic rings. The van der Waals surface area contributed by atoms with Crippen molar-refractivity contribution in [3.8, 4) is 0 Å². The number of carbonyl (C=O) groups is 1. The quantitative estimate of drug-likeness (QED) is 0.796. The first kappa shape index (κ1) is 14.8. The van der Waals surface area contributed by atoms with Gasteiger partial charge in [0.2, 0.25) is 0 Å². The van der Waals surface area contributed by atoms with E-state index in [9.17, 15) is 18.0 Å². The lowest BCUT2D eigenvalue weighted by Gasteiger charge is -2.12. The van der Waals surface area contributed by atoms with Crippen molar-refractivity contribution in [3.63, 3.8) is 0 Å². The third-order valence-corrected chi connectivity index (χ3v) is 3.75. The third-order valence-electron chi connectivity index (χ3n) is 2.35. The highest BCUT2D eigenvalue weighted by molar-refractivity contribution is 9.11. The predicted octanol–water partition coefficient (Wildman–Crippen LogP) is 3.76. The average Bonchev–Trinajstić information content (AvgIpc) is 2.73. The number of thiazole rings is 1. The number of para-hydroxylation sites is 1. The van der Waals surface area contributed by atoms with E-state index in [0.29, 0.717) is 3.79 Å². The fourth-order valence-electron chi connectivity index (χ4n) is 1.49. The van der Waals surface area contributed by atoms with Crippen LogP contribution in [0.1, 0.15) is 15.9 Å². The van der Waals surface area contributed by atoms with E-state index in [1.54, 1.807) is 0 Å². The monoisotopic (exact) mass is 365 g/mol. The molecule has 0 fully saturated rings. The van der Waals surface area contributed by atoms with Crippen molar-refractivity contribution >= 4 is 44.0 Å². The van der Waals surface area contributed by atoms with Crippen molar-refractivity contribution in [3.05, 3.63) is 39.3 Å². The Morgan fingerprint density at radius 1 is 1.40 bits per heavy atom. The molecule has 0 bridgehead atoms. The van der Waals surface area contributed by atoms with Gasteiger partial charge in [-0.1, -0.05) is 17.4 Å². The number of hydrogen-bond acceptors (Lipinski definition) is 4. The smallest absolute Gasteiger partial charge is 0.398 e. The zero-order chi connectivity index (χ0) is 14.9. The Labute approximate surface area is 123 Å². The van der Waals surface area contributed by atoms with Gasteiger partial charge >= 0.3 is 6.18 Å². The molecule has 0 unspecified atom stereocenters. The summed E-state index contributed by atoms with van der Waals surface area (Å²) in [6.45, 7) is 0. The highest BCUT2D eigenvalue weighted by atomic mass is 79.9. The molecule has 0 aliphatic heterocycles. The zero-order valence-electron chi connectivity index (χ0n) is 9.66. The maximum Gasteiger partial charge on any atom is 0.418 e. The van der Waals surface area contributed by atoms with E-state index in [2.05, 4.69) is 26.2 Å². The number of halogens is 4. The molecule has 1 amide bonds. The van der Waals surface area contributed by atoms with Gasteiger partial charge in [-0.15, -0.1) is 0 Å². The van der Waals surface area contributed by atoms with E-state index < -0.39 is 23.3 Å². The molecule has 20 heavy (non-hydrogen) atoms. The first-order valence-electron chi connectivity index (χ1n) is 5.17. The van der Waals surface area contributed by atoms with Crippen molar-refractivity contribution in [1.82, 2.24) is 4.98 Å².